The van der Waals surface area contributed by atoms with Crippen LogP contribution < -0.4 is 19.1 Å². The van der Waals surface area contributed by atoms with Crippen LogP contribution in [0.1, 0.15) is 16.7 Å². The number of carbonyl (C=O) groups excluding carboxylic acids is 1. The maximum Gasteiger partial charge on any atom is 0.329 e. The Bertz CT molecular complexity index is 1410. The lowest BCUT2D eigenvalue weighted by Crippen LogP contribution is -2.46. The molecule has 1 aliphatic heterocycles. The van der Waals surface area contributed by atoms with Crippen LogP contribution in [0.2, 0.25) is 0 Å². The number of carbonyl (C=O) groups is 1. The van der Waals surface area contributed by atoms with Gasteiger partial charge >= 0.3 is 5.97 Å². The fraction of sp³-hybridized carbons (Fsp3) is 0.269. The molecule has 2 aromatic carbocycles. The number of hydrogen-bond donors (Lipinski definition) is 0. The van der Waals surface area contributed by atoms with Gasteiger partial charge in [-0.3, -0.25) is 0 Å². The van der Waals surface area contributed by atoms with Crippen molar-refractivity contribution >= 4 is 23.1 Å². The molecule has 0 radical (unpaired) electrons. The molecule has 0 amide bonds. The van der Waals surface area contributed by atoms with Crippen molar-refractivity contribution in [3.8, 4) is 17.4 Å². The van der Waals surface area contributed by atoms with Crippen molar-refractivity contribution in [1.29, 1.82) is 0 Å². The second-order valence-corrected chi connectivity index (χ2v) is 8.21. The third kappa shape index (κ3) is 4.37. The van der Waals surface area contributed by atoms with Gasteiger partial charge in [0.25, 0.3) is 6.01 Å². The Labute approximate surface area is 206 Å². The van der Waals surface area contributed by atoms with Crippen molar-refractivity contribution in [1.82, 2.24) is 9.97 Å². The van der Waals surface area contributed by atoms with E-state index in [2.05, 4.69) is 9.97 Å². The number of rotatable bonds is 7. The highest BCUT2D eigenvalue weighted by atomic mass is 19.1. The van der Waals surface area contributed by atoms with Gasteiger partial charge in [0.1, 0.15) is 24.0 Å². The van der Waals surface area contributed by atoms with Gasteiger partial charge in [0, 0.05) is 42.4 Å². The predicted octanol–water partition coefficient (Wildman–Crippen LogP) is 4.06. The molecule has 2 aromatic heterocycles. The highest BCUT2D eigenvalue weighted by Crippen LogP contribution is 2.40. The summed E-state index contributed by atoms with van der Waals surface area (Å²) in [6, 6.07) is 10.9. The number of methoxy groups -OCH3 is 3. The number of aromatic nitrogens is 2. The van der Waals surface area contributed by atoms with Crippen LogP contribution in [0.4, 0.5) is 10.4 Å². The van der Waals surface area contributed by atoms with Crippen molar-refractivity contribution in [2.75, 3.05) is 26.2 Å². The minimum absolute atomic E-state index is 0.208. The number of halogens is 1. The lowest BCUT2D eigenvalue weighted by molar-refractivity contribution is -0.142. The third-order valence-electron chi connectivity index (χ3n) is 6.10. The Balaban J connectivity index is 1.50. The number of nitrogens with zero attached hydrogens (tertiary/aromatic N) is 3. The van der Waals surface area contributed by atoms with Crippen LogP contribution in [-0.4, -0.2) is 43.3 Å². The monoisotopic (exact) mass is 493 g/mol. The Hall–Kier alpha value is -4.34. The molecule has 5 rings (SSSR count). The van der Waals surface area contributed by atoms with Crippen molar-refractivity contribution in [3.05, 3.63) is 71.2 Å². The van der Waals surface area contributed by atoms with Gasteiger partial charge in [-0.1, -0.05) is 6.07 Å². The molecule has 4 aromatic rings. The van der Waals surface area contributed by atoms with Crippen molar-refractivity contribution in [3.63, 3.8) is 0 Å². The first kappa shape index (κ1) is 23.4. The predicted molar refractivity (Wildman–Crippen MR) is 128 cm³/mol. The molecule has 0 saturated heterocycles. The molecule has 0 fully saturated rings. The van der Waals surface area contributed by atoms with E-state index >= 15 is 0 Å². The van der Waals surface area contributed by atoms with Gasteiger partial charge in [0.15, 0.2) is 17.1 Å². The number of anilines is 1. The largest absolute Gasteiger partial charge is 0.493 e. The summed E-state index contributed by atoms with van der Waals surface area (Å²) in [5, 5.41) is 0. The number of benzene rings is 2. The molecule has 1 unspecified atom stereocenters. The van der Waals surface area contributed by atoms with E-state index in [-0.39, 0.29) is 19.0 Å². The summed E-state index contributed by atoms with van der Waals surface area (Å²) in [5.74, 6) is 0.710. The van der Waals surface area contributed by atoms with Gasteiger partial charge in [-0.2, -0.15) is 4.98 Å². The lowest BCUT2D eigenvalue weighted by atomic mass is 9.92. The minimum atomic E-state index is -0.738. The molecular weight excluding hydrogens is 469 g/mol. The fourth-order valence-electron chi connectivity index (χ4n) is 4.26. The maximum absolute atomic E-state index is 13.7. The number of ether oxygens (including phenoxy) is 4. The molecule has 0 spiro atoms. The molecule has 9 nitrogen and oxygen atoms in total. The standard InChI is InChI=1S/C26H24FN3O6/c1-32-21-8-5-16-13-30(26-29-19-7-6-17(27)10-22(19)36-26)20(25(31)34-3)11-18(16)24(21)35-14-15-4-9-23(33-2)28-12-15/h4-10,12,20H,11,13-14H2,1-3H3. The van der Waals surface area contributed by atoms with E-state index < -0.39 is 17.8 Å². The summed E-state index contributed by atoms with van der Waals surface area (Å²) in [6.07, 6.45) is 1.94. The van der Waals surface area contributed by atoms with E-state index in [1.54, 1.807) is 31.4 Å². The first-order valence-electron chi connectivity index (χ1n) is 11.2. The SMILES string of the molecule is COC(=O)C1Cc2c(ccc(OC)c2OCc2ccc(OC)nc2)CN1c1nc2ccc(F)cc2o1. The van der Waals surface area contributed by atoms with Crippen LogP contribution in [0.5, 0.6) is 17.4 Å². The topological polar surface area (TPSA) is 96.2 Å². The van der Waals surface area contributed by atoms with E-state index in [1.165, 1.54) is 25.3 Å². The summed E-state index contributed by atoms with van der Waals surface area (Å²) in [6.45, 7) is 0.544. The quantitative estimate of drug-likeness (QED) is 0.353. The van der Waals surface area contributed by atoms with Gasteiger partial charge in [-0.15, -0.1) is 0 Å². The Kier molecular flexibility index (Phi) is 6.32. The Morgan fingerprint density at radius 1 is 1.14 bits per heavy atom. The second-order valence-electron chi connectivity index (χ2n) is 8.21. The number of esters is 1. The molecule has 36 heavy (non-hydrogen) atoms. The summed E-state index contributed by atoms with van der Waals surface area (Å²) < 4.78 is 41.5. The van der Waals surface area contributed by atoms with Crippen LogP contribution in [0, 0.1) is 5.82 Å². The molecule has 3 heterocycles. The number of hydrogen-bond acceptors (Lipinski definition) is 9. The third-order valence-corrected chi connectivity index (χ3v) is 6.10. The fourth-order valence-corrected chi connectivity index (χ4v) is 4.26. The Morgan fingerprint density at radius 3 is 2.72 bits per heavy atom. The van der Waals surface area contributed by atoms with Crippen LogP contribution in [-0.2, 0) is 29.1 Å². The van der Waals surface area contributed by atoms with E-state index in [0.29, 0.717) is 35.0 Å². The molecular formula is C26H24FN3O6. The van der Waals surface area contributed by atoms with Gasteiger partial charge in [-0.05, 0) is 29.8 Å². The molecule has 0 aliphatic carbocycles. The maximum atomic E-state index is 13.7. The summed E-state index contributed by atoms with van der Waals surface area (Å²) in [5.41, 5.74) is 3.37. The van der Waals surface area contributed by atoms with E-state index in [0.717, 1.165) is 16.7 Å². The van der Waals surface area contributed by atoms with Gasteiger partial charge < -0.3 is 28.3 Å². The molecule has 0 bridgehead atoms. The molecule has 186 valence electrons. The Morgan fingerprint density at radius 2 is 2.00 bits per heavy atom. The van der Waals surface area contributed by atoms with Gasteiger partial charge in [0.05, 0.1) is 21.3 Å². The van der Waals surface area contributed by atoms with E-state index in [9.17, 15) is 9.18 Å². The van der Waals surface area contributed by atoms with Crippen molar-refractivity contribution < 1.29 is 32.5 Å². The van der Waals surface area contributed by atoms with Crippen LogP contribution in [0.3, 0.4) is 0 Å². The van der Waals surface area contributed by atoms with Crippen molar-refractivity contribution in [2.45, 2.75) is 25.6 Å². The number of fused-ring (bicyclic) bond motifs is 2. The molecule has 1 atom stereocenters. The first-order chi connectivity index (χ1) is 17.5. The second kappa shape index (κ2) is 9.73. The zero-order valence-electron chi connectivity index (χ0n) is 20.0. The number of pyridine rings is 1. The average Bonchev–Trinajstić information content (AvgIpc) is 3.33. The van der Waals surface area contributed by atoms with Crippen LogP contribution in [0.25, 0.3) is 11.1 Å². The molecule has 0 saturated carbocycles. The number of oxazole rings is 1. The first-order valence-corrected chi connectivity index (χ1v) is 11.2. The zero-order chi connectivity index (χ0) is 25.2. The normalized spacial score (nSPS) is 14.9. The van der Waals surface area contributed by atoms with E-state index in [4.69, 9.17) is 23.4 Å². The summed E-state index contributed by atoms with van der Waals surface area (Å²) in [4.78, 5) is 23.3. The molecule has 0 N–H and O–H groups in total. The molecule has 1 aliphatic rings. The van der Waals surface area contributed by atoms with Gasteiger partial charge in [-0.25, -0.2) is 14.2 Å². The lowest BCUT2D eigenvalue weighted by Gasteiger charge is -2.35. The summed E-state index contributed by atoms with van der Waals surface area (Å²) >= 11 is 0. The molecule has 10 heteroatoms. The average molecular weight is 493 g/mol. The minimum Gasteiger partial charge on any atom is -0.493 e. The smallest absolute Gasteiger partial charge is 0.329 e. The van der Waals surface area contributed by atoms with Crippen molar-refractivity contribution in [2.24, 2.45) is 0 Å². The zero-order valence-corrected chi connectivity index (χ0v) is 20.0. The summed E-state index contributed by atoms with van der Waals surface area (Å²) in [7, 11) is 4.45. The van der Waals surface area contributed by atoms with Gasteiger partial charge in [0.2, 0.25) is 5.88 Å². The van der Waals surface area contributed by atoms with Crippen LogP contribution >= 0.6 is 0 Å². The van der Waals surface area contributed by atoms with E-state index in [1.807, 2.05) is 18.2 Å². The van der Waals surface area contributed by atoms with Crippen LogP contribution in [0.15, 0.2) is 53.1 Å². The highest BCUT2D eigenvalue weighted by Gasteiger charge is 2.37. The highest BCUT2D eigenvalue weighted by molar-refractivity contribution is 5.82.